The van der Waals surface area contributed by atoms with Gasteiger partial charge in [-0.3, -0.25) is 4.79 Å². The van der Waals surface area contributed by atoms with Crippen LogP contribution in [0.4, 0.5) is 0 Å². The zero-order chi connectivity index (χ0) is 9.42. The molecule has 0 aliphatic heterocycles. The van der Waals surface area contributed by atoms with Crippen molar-refractivity contribution < 1.29 is 4.79 Å². The lowest BCUT2D eigenvalue weighted by molar-refractivity contribution is 0.0954. The molecule has 0 saturated heterocycles. The zero-order valence-electron chi connectivity index (χ0n) is 7.41. The molecule has 0 aromatic carbocycles. The Morgan fingerprint density at radius 2 is 2.46 bits per heavy atom. The number of rotatable bonds is 2. The number of hydrogen-bond donors (Lipinski definition) is 2. The van der Waals surface area contributed by atoms with Crippen molar-refractivity contribution in [3.63, 3.8) is 0 Å². The van der Waals surface area contributed by atoms with Crippen molar-refractivity contribution >= 4 is 17.2 Å². The first-order valence-corrected chi connectivity index (χ1v) is 5.16. The van der Waals surface area contributed by atoms with Gasteiger partial charge in [-0.25, -0.2) is 0 Å². The summed E-state index contributed by atoms with van der Waals surface area (Å²) in [6.07, 6.45) is 0.913. The van der Waals surface area contributed by atoms with Crippen LogP contribution in [0.15, 0.2) is 11.4 Å². The lowest BCUT2D eigenvalue weighted by atomic mass is 10.3. The van der Waals surface area contributed by atoms with E-state index in [1.54, 1.807) is 0 Å². The fourth-order valence-electron chi connectivity index (χ4n) is 1.17. The third kappa shape index (κ3) is 1.89. The van der Waals surface area contributed by atoms with Gasteiger partial charge in [0.1, 0.15) is 0 Å². The highest BCUT2D eigenvalue weighted by Crippen LogP contribution is 2.20. The summed E-state index contributed by atoms with van der Waals surface area (Å²) in [4.78, 5) is 12.3. The van der Waals surface area contributed by atoms with Crippen molar-refractivity contribution in [3.8, 4) is 0 Å². The maximum atomic E-state index is 11.5. The Labute approximate surface area is 80.9 Å². The van der Waals surface area contributed by atoms with Gasteiger partial charge in [-0.2, -0.15) is 0 Å². The van der Waals surface area contributed by atoms with Gasteiger partial charge in [-0.1, -0.05) is 0 Å². The van der Waals surface area contributed by atoms with Gasteiger partial charge in [-0.15, -0.1) is 11.3 Å². The van der Waals surface area contributed by atoms with Crippen molar-refractivity contribution in [1.82, 2.24) is 5.32 Å². The highest BCUT2D eigenvalue weighted by atomic mass is 32.1. The molecule has 1 aromatic heterocycles. The topological polar surface area (TPSA) is 55.1 Å². The summed E-state index contributed by atoms with van der Waals surface area (Å²) in [5.74, 6) is 0.0102. The molecule has 1 aliphatic carbocycles. The molecule has 1 aliphatic rings. The van der Waals surface area contributed by atoms with Crippen LogP contribution in [0.2, 0.25) is 0 Å². The molecule has 0 radical (unpaired) electrons. The maximum Gasteiger partial charge on any atom is 0.261 e. The largest absolute Gasteiger partial charge is 0.347 e. The fourth-order valence-corrected chi connectivity index (χ4v) is 1.97. The summed E-state index contributed by atoms with van der Waals surface area (Å²) in [5.41, 5.74) is 6.72. The maximum absolute atomic E-state index is 11.5. The highest BCUT2D eigenvalue weighted by Gasteiger charge is 2.34. The van der Waals surface area contributed by atoms with E-state index in [1.807, 2.05) is 18.4 Å². The third-order valence-corrected chi connectivity index (χ3v) is 3.16. The van der Waals surface area contributed by atoms with Crippen LogP contribution < -0.4 is 11.1 Å². The van der Waals surface area contributed by atoms with Crippen molar-refractivity contribution in [1.29, 1.82) is 0 Å². The number of nitrogens with one attached hydrogen (secondary N) is 1. The molecular weight excluding hydrogens is 184 g/mol. The van der Waals surface area contributed by atoms with Gasteiger partial charge < -0.3 is 11.1 Å². The molecule has 4 heteroatoms. The first-order valence-electron chi connectivity index (χ1n) is 4.28. The number of thiophene rings is 1. The SMILES string of the molecule is Cc1csc(C(=O)NC2CC2N)c1. The minimum atomic E-state index is 0.0102. The van der Waals surface area contributed by atoms with Crippen molar-refractivity contribution in [2.24, 2.45) is 5.73 Å². The molecule has 1 aromatic rings. The number of aryl methyl sites for hydroxylation is 1. The normalized spacial score (nSPS) is 25.7. The summed E-state index contributed by atoms with van der Waals surface area (Å²) < 4.78 is 0. The Morgan fingerprint density at radius 1 is 1.77 bits per heavy atom. The monoisotopic (exact) mass is 196 g/mol. The van der Waals surface area contributed by atoms with E-state index in [-0.39, 0.29) is 18.0 Å². The van der Waals surface area contributed by atoms with Crippen LogP contribution in [0.5, 0.6) is 0 Å². The van der Waals surface area contributed by atoms with E-state index in [9.17, 15) is 4.79 Å². The van der Waals surface area contributed by atoms with Crippen molar-refractivity contribution in [3.05, 3.63) is 21.9 Å². The molecule has 1 amide bonds. The van der Waals surface area contributed by atoms with Gasteiger partial charge in [0.15, 0.2) is 0 Å². The second-order valence-electron chi connectivity index (χ2n) is 3.47. The molecule has 2 unspecified atom stereocenters. The Hall–Kier alpha value is -0.870. The van der Waals surface area contributed by atoms with Crippen LogP contribution in [0.1, 0.15) is 21.7 Å². The number of nitrogens with two attached hydrogens (primary N) is 1. The van der Waals surface area contributed by atoms with E-state index in [0.717, 1.165) is 16.9 Å². The van der Waals surface area contributed by atoms with Crippen LogP contribution >= 0.6 is 11.3 Å². The van der Waals surface area contributed by atoms with Crippen LogP contribution in [0.3, 0.4) is 0 Å². The first kappa shape index (κ1) is 8.72. The smallest absolute Gasteiger partial charge is 0.261 e. The van der Waals surface area contributed by atoms with E-state index in [2.05, 4.69) is 5.32 Å². The molecule has 1 fully saturated rings. The summed E-state index contributed by atoms with van der Waals surface area (Å²) in [6.45, 7) is 1.98. The molecule has 2 rings (SSSR count). The summed E-state index contributed by atoms with van der Waals surface area (Å²) in [6, 6.07) is 2.27. The van der Waals surface area contributed by atoms with Crippen LogP contribution in [0, 0.1) is 6.92 Å². The van der Waals surface area contributed by atoms with Crippen molar-refractivity contribution in [2.75, 3.05) is 0 Å². The van der Waals surface area contributed by atoms with Gasteiger partial charge in [-0.05, 0) is 30.4 Å². The van der Waals surface area contributed by atoms with Gasteiger partial charge in [0, 0.05) is 12.1 Å². The minimum absolute atomic E-state index is 0.0102. The predicted octanol–water partition coefficient (Wildman–Crippen LogP) is 0.886. The van der Waals surface area contributed by atoms with E-state index in [1.165, 1.54) is 11.3 Å². The highest BCUT2D eigenvalue weighted by molar-refractivity contribution is 7.12. The molecule has 1 heterocycles. The molecule has 3 N–H and O–H groups in total. The van der Waals surface area contributed by atoms with Gasteiger partial charge in [0.25, 0.3) is 5.91 Å². The molecular formula is C9H12N2OS. The fraction of sp³-hybridized carbons (Fsp3) is 0.444. The second kappa shape index (κ2) is 3.12. The van der Waals surface area contributed by atoms with Gasteiger partial charge in [0.05, 0.1) is 4.88 Å². The molecule has 0 spiro atoms. The first-order chi connectivity index (χ1) is 6.16. The summed E-state index contributed by atoms with van der Waals surface area (Å²) in [7, 11) is 0. The Morgan fingerprint density at radius 3 is 2.92 bits per heavy atom. The Kier molecular flexibility index (Phi) is 2.09. The Balaban J connectivity index is 1.97. The minimum Gasteiger partial charge on any atom is -0.347 e. The van der Waals surface area contributed by atoms with E-state index in [0.29, 0.717) is 0 Å². The average molecular weight is 196 g/mol. The standard InChI is InChI=1S/C9H12N2OS/c1-5-2-8(13-4-5)9(12)11-7-3-6(7)10/h2,4,6-7H,3,10H2,1H3,(H,11,12). The number of carbonyl (C=O) groups excluding carboxylic acids is 1. The van der Waals surface area contributed by atoms with Crippen LogP contribution in [-0.4, -0.2) is 18.0 Å². The summed E-state index contributed by atoms with van der Waals surface area (Å²) in [5, 5.41) is 4.85. The number of hydrogen-bond acceptors (Lipinski definition) is 3. The Bertz CT molecular complexity index is 334. The molecule has 3 nitrogen and oxygen atoms in total. The average Bonchev–Trinajstić information content (AvgIpc) is 2.62. The van der Waals surface area contributed by atoms with E-state index >= 15 is 0 Å². The van der Waals surface area contributed by atoms with E-state index < -0.39 is 0 Å². The quantitative estimate of drug-likeness (QED) is 0.738. The van der Waals surface area contributed by atoms with Crippen molar-refractivity contribution in [2.45, 2.75) is 25.4 Å². The van der Waals surface area contributed by atoms with Crippen LogP contribution in [-0.2, 0) is 0 Å². The molecule has 13 heavy (non-hydrogen) atoms. The lowest BCUT2D eigenvalue weighted by Crippen LogP contribution is -2.28. The van der Waals surface area contributed by atoms with Gasteiger partial charge >= 0.3 is 0 Å². The predicted molar refractivity (Wildman–Crippen MR) is 52.9 cm³/mol. The molecule has 2 atom stereocenters. The molecule has 1 saturated carbocycles. The summed E-state index contributed by atoms with van der Waals surface area (Å²) >= 11 is 1.48. The second-order valence-corrected chi connectivity index (χ2v) is 4.38. The third-order valence-electron chi connectivity index (χ3n) is 2.11. The molecule has 0 bridgehead atoms. The van der Waals surface area contributed by atoms with Gasteiger partial charge in [0.2, 0.25) is 0 Å². The number of amides is 1. The lowest BCUT2D eigenvalue weighted by Gasteiger charge is -1.99. The molecule has 70 valence electrons. The zero-order valence-corrected chi connectivity index (χ0v) is 8.23. The number of carbonyl (C=O) groups is 1. The van der Waals surface area contributed by atoms with E-state index in [4.69, 9.17) is 5.73 Å². The van der Waals surface area contributed by atoms with Crippen LogP contribution in [0.25, 0.3) is 0 Å².